The molecule has 0 unspecified atom stereocenters. The van der Waals surface area contributed by atoms with Gasteiger partial charge in [-0.15, -0.1) is 0 Å². The molecule has 0 atom stereocenters. The Labute approximate surface area is 60.7 Å². The monoisotopic (exact) mass is 214 g/mol. The SMILES string of the molecule is CCCCOO.[SnH4]. The summed E-state index contributed by atoms with van der Waals surface area (Å²) in [6.07, 6.45) is 2.01. The van der Waals surface area contributed by atoms with Gasteiger partial charge in [0.15, 0.2) is 0 Å². The van der Waals surface area contributed by atoms with Crippen LogP contribution in [0.1, 0.15) is 19.8 Å². The summed E-state index contributed by atoms with van der Waals surface area (Å²) in [6, 6.07) is 0. The maximum absolute atomic E-state index is 7.70. The molecule has 0 saturated heterocycles. The first kappa shape index (κ1) is 10.7. The van der Waals surface area contributed by atoms with Gasteiger partial charge in [0.25, 0.3) is 0 Å². The van der Waals surface area contributed by atoms with Crippen LogP contribution < -0.4 is 0 Å². The Hall–Kier alpha value is 0.719. The van der Waals surface area contributed by atoms with E-state index in [1.54, 1.807) is 0 Å². The van der Waals surface area contributed by atoms with Crippen LogP contribution >= 0.6 is 0 Å². The third-order valence-electron chi connectivity index (χ3n) is 0.589. The molecule has 2 nitrogen and oxygen atoms in total. The van der Waals surface area contributed by atoms with E-state index in [9.17, 15) is 0 Å². The molecule has 7 heavy (non-hydrogen) atoms. The number of unbranched alkanes of at least 4 members (excludes halogenated alkanes) is 1. The summed E-state index contributed by atoms with van der Waals surface area (Å²) in [6.45, 7) is 2.51. The normalized spacial score (nSPS) is 7.71. The van der Waals surface area contributed by atoms with E-state index in [-0.39, 0.29) is 23.9 Å². The number of rotatable bonds is 3. The van der Waals surface area contributed by atoms with E-state index in [1.165, 1.54) is 0 Å². The van der Waals surface area contributed by atoms with Crippen LogP contribution in [0, 0.1) is 0 Å². The molecule has 0 saturated carbocycles. The molecule has 0 bridgehead atoms. The van der Waals surface area contributed by atoms with Crippen molar-refractivity contribution in [2.24, 2.45) is 0 Å². The topological polar surface area (TPSA) is 29.5 Å². The first-order valence-corrected chi connectivity index (χ1v) is 2.18. The van der Waals surface area contributed by atoms with Gasteiger partial charge in [0.1, 0.15) is 0 Å². The van der Waals surface area contributed by atoms with Crippen LogP contribution in [0.2, 0.25) is 0 Å². The maximum atomic E-state index is 7.70. The second kappa shape index (κ2) is 9.87. The van der Waals surface area contributed by atoms with E-state index in [1.807, 2.05) is 6.92 Å². The zero-order chi connectivity index (χ0) is 4.83. The summed E-state index contributed by atoms with van der Waals surface area (Å²) < 4.78 is 0. The summed E-state index contributed by atoms with van der Waals surface area (Å²) >= 11 is 0. The number of hydrogen-bond acceptors (Lipinski definition) is 2. The van der Waals surface area contributed by atoms with E-state index in [4.69, 9.17) is 5.26 Å². The van der Waals surface area contributed by atoms with E-state index in [2.05, 4.69) is 4.89 Å². The third-order valence-corrected chi connectivity index (χ3v) is 0.589. The summed E-state index contributed by atoms with van der Waals surface area (Å²) in [5.74, 6) is 0. The predicted octanol–water partition coefficient (Wildman–Crippen LogP) is -0.176. The Morgan fingerprint density at radius 2 is 2.14 bits per heavy atom. The third kappa shape index (κ3) is 10.8. The van der Waals surface area contributed by atoms with Crippen LogP contribution in [0.25, 0.3) is 0 Å². The quantitative estimate of drug-likeness (QED) is 0.305. The van der Waals surface area contributed by atoms with Crippen LogP contribution in [0.15, 0.2) is 0 Å². The molecule has 0 aliphatic rings. The summed E-state index contributed by atoms with van der Waals surface area (Å²) in [5, 5.41) is 7.70. The molecule has 0 fully saturated rings. The van der Waals surface area contributed by atoms with Crippen molar-refractivity contribution in [3.05, 3.63) is 0 Å². The van der Waals surface area contributed by atoms with Crippen LogP contribution in [0.3, 0.4) is 0 Å². The van der Waals surface area contributed by atoms with Gasteiger partial charge in [-0.1, -0.05) is 13.3 Å². The van der Waals surface area contributed by atoms with Gasteiger partial charge >= 0.3 is 23.9 Å². The minimum atomic E-state index is 0. The molecule has 0 aromatic carbocycles. The molecule has 0 aliphatic heterocycles. The van der Waals surface area contributed by atoms with Crippen LogP contribution in [0.5, 0.6) is 0 Å². The molecule has 3 heteroatoms. The van der Waals surface area contributed by atoms with Crippen molar-refractivity contribution in [2.45, 2.75) is 19.8 Å². The number of hydrogen-bond donors (Lipinski definition) is 1. The average molecular weight is 213 g/mol. The van der Waals surface area contributed by atoms with Crippen LogP contribution in [-0.2, 0) is 4.89 Å². The Morgan fingerprint density at radius 3 is 2.29 bits per heavy atom. The van der Waals surface area contributed by atoms with Gasteiger partial charge in [-0.2, -0.15) is 0 Å². The Bertz CT molecular complexity index is 21.7. The molecule has 0 spiro atoms. The average Bonchev–Trinajstić information content (AvgIpc) is 1.61. The van der Waals surface area contributed by atoms with E-state index in [0.29, 0.717) is 6.61 Å². The zero-order valence-electron chi connectivity index (χ0n) is 3.98. The molecular weight excluding hydrogens is 199 g/mol. The molecule has 46 valence electrons. The van der Waals surface area contributed by atoms with Gasteiger partial charge in [-0.25, -0.2) is 4.89 Å². The van der Waals surface area contributed by atoms with Crippen LogP contribution in [-0.4, -0.2) is 35.8 Å². The second-order valence-corrected chi connectivity index (χ2v) is 1.19. The molecule has 1 N–H and O–H groups in total. The Morgan fingerprint density at radius 1 is 1.57 bits per heavy atom. The summed E-state index contributed by atoms with van der Waals surface area (Å²) in [7, 11) is 0. The van der Waals surface area contributed by atoms with Crippen molar-refractivity contribution in [1.82, 2.24) is 0 Å². The first-order valence-electron chi connectivity index (χ1n) is 2.18. The van der Waals surface area contributed by atoms with Crippen molar-refractivity contribution in [2.75, 3.05) is 6.61 Å². The minimum absolute atomic E-state index is 0. The van der Waals surface area contributed by atoms with Crippen LogP contribution in [0.4, 0.5) is 0 Å². The van der Waals surface area contributed by atoms with Gasteiger partial charge in [-0.05, 0) is 6.42 Å². The Kier molecular flexibility index (Phi) is 15.0. The first-order chi connectivity index (χ1) is 2.91. The van der Waals surface area contributed by atoms with Crippen molar-refractivity contribution < 1.29 is 10.1 Å². The van der Waals surface area contributed by atoms with Crippen molar-refractivity contribution >= 4 is 23.9 Å². The molecule has 0 radical (unpaired) electrons. The van der Waals surface area contributed by atoms with Gasteiger partial charge < -0.3 is 0 Å². The standard InChI is InChI=1S/C4H10O2.Sn.4H/c1-2-3-4-6-5;;;;;/h5H,2-4H2,1H3;;;;;. The predicted molar refractivity (Wildman–Crippen MR) is 34.8 cm³/mol. The molecule has 0 heterocycles. The fraction of sp³-hybridized carbons (Fsp3) is 1.00. The Balaban J connectivity index is 0. The summed E-state index contributed by atoms with van der Waals surface area (Å²) in [4.78, 5) is 3.78. The van der Waals surface area contributed by atoms with Gasteiger partial charge in [0.05, 0.1) is 6.61 Å². The molecule has 0 aromatic rings. The van der Waals surface area contributed by atoms with Crippen molar-refractivity contribution in [1.29, 1.82) is 0 Å². The molecule has 0 aromatic heterocycles. The van der Waals surface area contributed by atoms with Crippen molar-refractivity contribution in [3.63, 3.8) is 0 Å². The fourth-order valence-corrected chi connectivity index (χ4v) is 0.209. The molecule has 0 amide bonds. The van der Waals surface area contributed by atoms with Gasteiger partial charge in [-0.3, -0.25) is 5.26 Å². The molecule has 0 aliphatic carbocycles. The van der Waals surface area contributed by atoms with Crippen molar-refractivity contribution in [3.8, 4) is 0 Å². The van der Waals surface area contributed by atoms with Gasteiger partial charge in [0.2, 0.25) is 0 Å². The van der Waals surface area contributed by atoms with E-state index in [0.717, 1.165) is 12.8 Å². The second-order valence-electron chi connectivity index (χ2n) is 1.19. The summed E-state index contributed by atoms with van der Waals surface area (Å²) in [5.41, 5.74) is 0. The van der Waals surface area contributed by atoms with E-state index >= 15 is 0 Å². The fourth-order valence-electron chi connectivity index (χ4n) is 0.209. The van der Waals surface area contributed by atoms with Gasteiger partial charge in [0, 0.05) is 0 Å². The van der Waals surface area contributed by atoms with E-state index < -0.39 is 0 Å². The zero-order valence-corrected chi connectivity index (χ0v) is 3.98. The molecular formula is C4H14O2Sn. The molecule has 0 rings (SSSR count).